The molecule has 0 spiro atoms. The number of hydrogen-bond donors (Lipinski definition) is 6. The number of ether oxygens (including phenoxy) is 4. The summed E-state index contributed by atoms with van der Waals surface area (Å²) >= 11 is 0. The zero-order valence-corrected chi connectivity index (χ0v) is 19.2. The standard InChI is InChI=1S/C24H32O11/c1-2-32-24-21(30)13(9-17-22(31)20(29)12-8-16(12)33-17)23(18(10-25)34-24)35-19(28)6-4-11-3-5-14(26)15(27)7-11/h3-7,12-13,16-18,20-27,29-31H,2,8-10H2,1H3/b6-4+. The Hall–Kier alpha value is -2.25. The molecule has 3 fully saturated rings. The van der Waals surface area contributed by atoms with Crippen molar-refractivity contribution in [2.75, 3.05) is 13.2 Å². The highest BCUT2D eigenvalue weighted by Gasteiger charge is 2.56. The van der Waals surface area contributed by atoms with Crippen molar-refractivity contribution in [3.8, 4) is 11.5 Å². The molecule has 1 aromatic carbocycles. The topological polar surface area (TPSA) is 175 Å². The molecule has 0 amide bonds. The Morgan fingerprint density at radius 1 is 1.09 bits per heavy atom. The quantitative estimate of drug-likeness (QED) is 0.158. The lowest BCUT2D eigenvalue weighted by Crippen LogP contribution is -2.59. The van der Waals surface area contributed by atoms with Gasteiger partial charge in [-0.25, -0.2) is 4.79 Å². The van der Waals surface area contributed by atoms with Crippen LogP contribution >= 0.6 is 0 Å². The number of rotatable bonds is 8. The molecule has 6 N–H and O–H groups in total. The van der Waals surface area contributed by atoms with Gasteiger partial charge in [-0.1, -0.05) is 6.07 Å². The largest absolute Gasteiger partial charge is 0.504 e. The first-order valence-corrected chi connectivity index (χ1v) is 11.7. The fourth-order valence-corrected chi connectivity index (χ4v) is 4.82. The molecule has 10 unspecified atom stereocenters. The van der Waals surface area contributed by atoms with E-state index in [1.165, 1.54) is 24.3 Å². The number of carbonyl (C=O) groups is 1. The third kappa shape index (κ3) is 5.61. The van der Waals surface area contributed by atoms with Gasteiger partial charge in [0.05, 0.1) is 24.9 Å². The van der Waals surface area contributed by atoms with Crippen molar-refractivity contribution in [1.29, 1.82) is 0 Å². The second-order valence-corrected chi connectivity index (χ2v) is 9.15. The van der Waals surface area contributed by atoms with Crippen molar-refractivity contribution < 1.29 is 54.4 Å². The lowest BCUT2D eigenvalue weighted by molar-refractivity contribution is -0.296. The third-order valence-electron chi connectivity index (χ3n) is 6.79. The molecule has 0 bridgehead atoms. The van der Waals surface area contributed by atoms with Crippen LogP contribution in [0.4, 0.5) is 0 Å². The average molecular weight is 497 g/mol. The molecule has 2 heterocycles. The van der Waals surface area contributed by atoms with Crippen LogP contribution in [0, 0.1) is 11.8 Å². The summed E-state index contributed by atoms with van der Waals surface area (Å²) in [6, 6.07) is 4.01. The first-order valence-electron chi connectivity index (χ1n) is 11.7. The summed E-state index contributed by atoms with van der Waals surface area (Å²) in [5, 5.41) is 60.8. The molecular weight excluding hydrogens is 464 g/mol. The van der Waals surface area contributed by atoms with E-state index in [4.69, 9.17) is 18.9 Å². The molecule has 3 aliphatic rings. The highest BCUT2D eigenvalue weighted by Crippen LogP contribution is 2.46. The molecule has 2 aliphatic heterocycles. The Balaban J connectivity index is 1.51. The van der Waals surface area contributed by atoms with E-state index in [0.717, 1.165) is 6.08 Å². The SMILES string of the molecule is CCOC1OC(CO)C(OC(=O)/C=C/c2ccc(O)c(O)c2)C(CC2OC3CC3C(O)C2O)C1O. The van der Waals surface area contributed by atoms with Crippen LogP contribution in [0.3, 0.4) is 0 Å². The van der Waals surface area contributed by atoms with E-state index in [0.29, 0.717) is 12.0 Å². The Kier molecular flexibility index (Phi) is 7.96. The molecule has 0 radical (unpaired) electrons. The molecule has 0 aromatic heterocycles. The Morgan fingerprint density at radius 3 is 2.54 bits per heavy atom. The number of aliphatic hydroxyl groups excluding tert-OH is 4. The molecule has 1 aliphatic carbocycles. The molecule has 11 nitrogen and oxygen atoms in total. The van der Waals surface area contributed by atoms with Crippen LogP contribution in [0.25, 0.3) is 6.08 Å². The highest BCUT2D eigenvalue weighted by molar-refractivity contribution is 5.87. The Bertz CT molecular complexity index is 921. The minimum atomic E-state index is -1.27. The van der Waals surface area contributed by atoms with Crippen molar-refractivity contribution in [3.63, 3.8) is 0 Å². The monoisotopic (exact) mass is 496 g/mol. The van der Waals surface area contributed by atoms with Gasteiger partial charge in [0.15, 0.2) is 17.8 Å². The van der Waals surface area contributed by atoms with E-state index in [1.807, 2.05) is 0 Å². The third-order valence-corrected chi connectivity index (χ3v) is 6.79. The number of benzene rings is 1. The van der Waals surface area contributed by atoms with Crippen LogP contribution < -0.4 is 0 Å². The minimum absolute atomic E-state index is 0.0273. The number of phenols is 2. The number of aliphatic hydroxyl groups is 4. The molecule has 10 atom stereocenters. The summed E-state index contributed by atoms with van der Waals surface area (Å²) in [5.41, 5.74) is 0.426. The molecule has 194 valence electrons. The van der Waals surface area contributed by atoms with E-state index >= 15 is 0 Å². The number of phenolic OH excluding ortho intramolecular Hbond substituents is 2. The zero-order chi connectivity index (χ0) is 25.3. The number of esters is 1. The first kappa shape index (κ1) is 25.8. The zero-order valence-electron chi connectivity index (χ0n) is 19.2. The second-order valence-electron chi connectivity index (χ2n) is 9.15. The first-order chi connectivity index (χ1) is 16.7. The van der Waals surface area contributed by atoms with Gasteiger partial charge in [-0.2, -0.15) is 0 Å². The van der Waals surface area contributed by atoms with Gasteiger partial charge >= 0.3 is 5.97 Å². The predicted octanol–water partition coefficient (Wildman–Crippen LogP) is -0.347. The van der Waals surface area contributed by atoms with E-state index < -0.39 is 61.4 Å². The second kappa shape index (κ2) is 10.8. The summed E-state index contributed by atoms with van der Waals surface area (Å²) in [6.07, 6.45) is -4.46. The van der Waals surface area contributed by atoms with Crippen LogP contribution in [-0.2, 0) is 23.7 Å². The molecule has 4 rings (SSSR count). The Labute approximate surface area is 202 Å². The van der Waals surface area contributed by atoms with Gasteiger partial charge in [0.1, 0.15) is 24.4 Å². The number of carbonyl (C=O) groups excluding carboxylic acids is 1. The van der Waals surface area contributed by atoms with Crippen molar-refractivity contribution in [1.82, 2.24) is 0 Å². The molecule has 11 heteroatoms. The van der Waals surface area contributed by atoms with Crippen LogP contribution in [-0.4, -0.2) is 98.8 Å². The summed E-state index contributed by atoms with van der Waals surface area (Å²) in [4.78, 5) is 12.6. The summed E-state index contributed by atoms with van der Waals surface area (Å²) in [6.45, 7) is 1.42. The van der Waals surface area contributed by atoms with Crippen molar-refractivity contribution in [2.45, 2.75) is 68.8 Å². The van der Waals surface area contributed by atoms with E-state index in [1.54, 1.807) is 6.92 Å². The summed E-state index contributed by atoms with van der Waals surface area (Å²) in [5.74, 6) is -2.40. The maximum absolute atomic E-state index is 12.6. The summed E-state index contributed by atoms with van der Waals surface area (Å²) in [7, 11) is 0. The lowest BCUT2D eigenvalue weighted by Gasteiger charge is -2.45. The summed E-state index contributed by atoms with van der Waals surface area (Å²) < 4.78 is 22.6. The van der Waals surface area contributed by atoms with Gasteiger partial charge in [0, 0.05) is 24.5 Å². The van der Waals surface area contributed by atoms with Gasteiger partial charge in [-0.15, -0.1) is 0 Å². The molecule has 2 saturated heterocycles. The maximum atomic E-state index is 12.6. The molecule has 1 saturated carbocycles. The van der Waals surface area contributed by atoms with E-state index in [2.05, 4.69) is 0 Å². The highest BCUT2D eigenvalue weighted by atomic mass is 16.7. The molecular formula is C24H32O11. The maximum Gasteiger partial charge on any atom is 0.331 e. The smallest absolute Gasteiger partial charge is 0.331 e. The number of hydrogen-bond acceptors (Lipinski definition) is 11. The van der Waals surface area contributed by atoms with Gasteiger partial charge in [0.2, 0.25) is 0 Å². The normalized spacial score (nSPS) is 38.8. The van der Waals surface area contributed by atoms with Crippen LogP contribution in [0.5, 0.6) is 11.5 Å². The predicted molar refractivity (Wildman–Crippen MR) is 119 cm³/mol. The van der Waals surface area contributed by atoms with Crippen LogP contribution in [0.15, 0.2) is 24.3 Å². The van der Waals surface area contributed by atoms with Gasteiger partial charge in [-0.05, 0) is 43.5 Å². The Morgan fingerprint density at radius 2 is 1.86 bits per heavy atom. The van der Waals surface area contributed by atoms with Crippen molar-refractivity contribution in [2.24, 2.45) is 11.8 Å². The number of aromatic hydroxyl groups is 2. The van der Waals surface area contributed by atoms with Crippen molar-refractivity contribution >= 4 is 12.0 Å². The van der Waals surface area contributed by atoms with Gasteiger partial charge < -0.3 is 49.6 Å². The van der Waals surface area contributed by atoms with Crippen LogP contribution in [0.1, 0.15) is 25.3 Å². The fourth-order valence-electron chi connectivity index (χ4n) is 4.82. The molecule has 35 heavy (non-hydrogen) atoms. The van der Waals surface area contributed by atoms with Crippen molar-refractivity contribution in [3.05, 3.63) is 29.8 Å². The molecule has 1 aromatic rings. The number of fused-ring (bicyclic) bond motifs is 1. The van der Waals surface area contributed by atoms with Gasteiger partial charge in [0.25, 0.3) is 0 Å². The van der Waals surface area contributed by atoms with Gasteiger partial charge in [-0.3, -0.25) is 0 Å². The fraction of sp³-hybridized carbons (Fsp3) is 0.625. The van der Waals surface area contributed by atoms with E-state index in [9.17, 15) is 35.4 Å². The van der Waals surface area contributed by atoms with Crippen LogP contribution in [0.2, 0.25) is 0 Å². The minimum Gasteiger partial charge on any atom is -0.504 e. The average Bonchev–Trinajstić information content (AvgIpc) is 3.61. The lowest BCUT2D eigenvalue weighted by atomic mass is 9.82. The van der Waals surface area contributed by atoms with E-state index in [-0.39, 0.29) is 36.5 Å².